The Morgan fingerprint density at radius 1 is 1.00 bits per heavy atom. The van der Waals surface area contributed by atoms with Gasteiger partial charge in [0.05, 0.1) is 6.61 Å². The molecule has 92 valence electrons. The smallest absolute Gasteiger partial charge is 0.157 e. The third-order valence-corrected chi connectivity index (χ3v) is 3.35. The minimum atomic E-state index is -0.0872. The fourth-order valence-electron chi connectivity index (χ4n) is 2.34. The molecule has 1 heterocycles. The van der Waals surface area contributed by atoms with Gasteiger partial charge in [-0.3, -0.25) is 0 Å². The molecule has 1 unspecified atom stereocenters. The number of hydrogen-bond donors (Lipinski definition) is 2. The molecule has 0 fully saturated rings. The van der Waals surface area contributed by atoms with Crippen molar-refractivity contribution in [2.75, 3.05) is 6.61 Å². The third-order valence-electron chi connectivity index (χ3n) is 3.35. The molecule has 3 rings (SSSR count). The van der Waals surface area contributed by atoms with Crippen LogP contribution in [0.5, 0.6) is 17.2 Å². The molecule has 3 heteroatoms. The molecule has 2 aromatic carbocycles. The molecule has 1 aliphatic rings. The van der Waals surface area contributed by atoms with Gasteiger partial charge in [0.15, 0.2) is 11.5 Å². The quantitative estimate of drug-likeness (QED) is 0.756. The number of aromatic hydroxyl groups is 2. The summed E-state index contributed by atoms with van der Waals surface area (Å²) in [6.45, 7) is 0.598. The lowest BCUT2D eigenvalue weighted by Crippen LogP contribution is -2.18. The number of phenolic OH excluding ortho intramolecular Hbond substituents is 2. The van der Waals surface area contributed by atoms with E-state index in [1.54, 1.807) is 6.07 Å². The average molecular weight is 242 g/mol. The third kappa shape index (κ3) is 1.88. The predicted molar refractivity (Wildman–Crippen MR) is 68.2 cm³/mol. The Balaban J connectivity index is 1.89. The highest BCUT2D eigenvalue weighted by molar-refractivity contribution is 5.44. The normalized spacial score (nSPS) is 17.9. The highest BCUT2D eigenvalue weighted by Gasteiger charge is 2.21. The van der Waals surface area contributed by atoms with Crippen LogP contribution in [0.3, 0.4) is 0 Å². The summed E-state index contributed by atoms with van der Waals surface area (Å²) >= 11 is 0. The molecule has 0 aromatic heterocycles. The first-order chi connectivity index (χ1) is 8.74. The standard InChI is InChI=1S/C15H14O3/c16-13-6-5-10(8-14(13)17)12-7-11-3-1-2-4-15(11)18-9-12/h1-6,8,12,16-17H,7,9H2. The van der Waals surface area contributed by atoms with Gasteiger partial charge in [0.2, 0.25) is 0 Å². The second-order valence-corrected chi connectivity index (χ2v) is 4.57. The number of rotatable bonds is 1. The lowest BCUT2D eigenvalue weighted by atomic mass is 9.90. The van der Waals surface area contributed by atoms with Crippen molar-refractivity contribution in [1.82, 2.24) is 0 Å². The Labute approximate surface area is 105 Å². The van der Waals surface area contributed by atoms with E-state index >= 15 is 0 Å². The minimum Gasteiger partial charge on any atom is -0.504 e. The molecule has 0 spiro atoms. The van der Waals surface area contributed by atoms with E-state index in [1.165, 1.54) is 11.6 Å². The zero-order valence-electron chi connectivity index (χ0n) is 9.84. The van der Waals surface area contributed by atoms with E-state index in [1.807, 2.05) is 24.3 Å². The Kier molecular flexibility index (Phi) is 2.59. The van der Waals surface area contributed by atoms with Crippen LogP contribution in [0.25, 0.3) is 0 Å². The lowest BCUT2D eigenvalue weighted by molar-refractivity contribution is 0.262. The molecule has 1 aliphatic heterocycles. The molecule has 18 heavy (non-hydrogen) atoms. The van der Waals surface area contributed by atoms with Crippen LogP contribution in [0.4, 0.5) is 0 Å². The molecule has 0 saturated heterocycles. The molecule has 0 saturated carbocycles. The lowest BCUT2D eigenvalue weighted by Gasteiger charge is -2.25. The highest BCUT2D eigenvalue weighted by atomic mass is 16.5. The van der Waals surface area contributed by atoms with E-state index in [4.69, 9.17) is 4.74 Å². The fourth-order valence-corrected chi connectivity index (χ4v) is 2.34. The summed E-state index contributed by atoms with van der Waals surface area (Å²) in [6, 6.07) is 12.9. The maximum Gasteiger partial charge on any atom is 0.157 e. The first-order valence-corrected chi connectivity index (χ1v) is 5.96. The summed E-state index contributed by atoms with van der Waals surface area (Å²) in [5.41, 5.74) is 2.17. The van der Waals surface area contributed by atoms with Crippen LogP contribution < -0.4 is 4.74 Å². The number of ether oxygens (including phenoxy) is 1. The summed E-state index contributed by atoms with van der Waals surface area (Å²) in [6.07, 6.45) is 0.889. The van der Waals surface area contributed by atoms with Crippen LogP contribution in [-0.4, -0.2) is 16.8 Å². The summed E-state index contributed by atoms with van der Waals surface area (Å²) in [7, 11) is 0. The Morgan fingerprint density at radius 2 is 1.83 bits per heavy atom. The molecule has 0 bridgehead atoms. The number of para-hydroxylation sites is 1. The Morgan fingerprint density at radius 3 is 2.67 bits per heavy atom. The van der Waals surface area contributed by atoms with Gasteiger partial charge in [-0.15, -0.1) is 0 Å². The highest BCUT2D eigenvalue weighted by Crippen LogP contribution is 2.35. The van der Waals surface area contributed by atoms with Gasteiger partial charge in [-0.1, -0.05) is 24.3 Å². The molecule has 0 aliphatic carbocycles. The van der Waals surface area contributed by atoms with Gasteiger partial charge in [-0.25, -0.2) is 0 Å². The van der Waals surface area contributed by atoms with Crippen LogP contribution >= 0.6 is 0 Å². The largest absolute Gasteiger partial charge is 0.504 e. The topological polar surface area (TPSA) is 49.7 Å². The number of phenols is 2. The summed E-state index contributed by atoms with van der Waals surface area (Å²) < 4.78 is 5.72. The van der Waals surface area contributed by atoms with Crippen LogP contribution in [-0.2, 0) is 6.42 Å². The van der Waals surface area contributed by atoms with Crippen molar-refractivity contribution in [2.24, 2.45) is 0 Å². The molecule has 1 atom stereocenters. The van der Waals surface area contributed by atoms with Gasteiger partial charge in [0.1, 0.15) is 5.75 Å². The van der Waals surface area contributed by atoms with Gasteiger partial charge < -0.3 is 14.9 Å². The average Bonchev–Trinajstić information content (AvgIpc) is 2.41. The molecule has 2 N–H and O–H groups in total. The summed E-state index contributed by atoms with van der Waals surface area (Å²) in [5.74, 6) is 0.991. The van der Waals surface area contributed by atoms with Crippen LogP contribution in [0.1, 0.15) is 17.0 Å². The van der Waals surface area contributed by atoms with Gasteiger partial charge in [-0.05, 0) is 35.7 Å². The summed E-state index contributed by atoms with van der Waals surface area (Å²) in [5, 5.41) is 18.9. The van der Waals surface area contributed by atoms with Gasteiger partial charge in [-0.2, -0.15) is 0 Å². The van der Waals surface area contributed by atoms with E-state index in [0.29, 0.717) is 6.61 Å². The first-order valence-electron chi connectivity index (χ1n) is 5.96. The molecular weight excluding hydrogens is 228 g/mol. The van der Waals surface area contributed by atoms with Crippen LogP contribution in [0.2, 0.25) is 0 Å². The van der Waals surface area contributed by atoms with Crippen molar-refractivity contribution in [1.29, 1.82) is 0 Å². The number of benzene rings is 2. The fraction of sp³-hybridized carbons (Fsp3) is 0.200. The van der Waals surface area contributed by atoms with Crippen molar-refractivity contribution in [3.05, 3.63) is 53.6 Å². The Bertz CT molecular complexity index is 578. The van der Waals surface area contributed by atoms with Crippen molar-refractivity contribution in [3.8, 4) is 17.2 Å². The maximum atomic E-state index is 9.54. The first kappa shape index (κ1) is 11.0. The zero-order chi connectivity index (χ0) is 12.5. The van der Waals surface area contributed by atoms with Crippen LogP contribution in [0, 0.1) is 0 Å². The Hall–Kier alpha value is -2.16. The van der Waals surface area contributed by atoms with Crippen molar-refractivity contribution >= 4 is 0 Å². The number of hydrogen-bond acceptors (Lipinski definition) is 3. The SMILES string of the molecule is Oc1ccc(C2COc3ccccc3C2)cc1O. The molecule has 0 amide bonds. The van der Waals surface area contributed by atoms with Crippen molar-refractivity contribution < 1.29 is 14.9 Å². The monoisotopic (exact) mass is 242 g/mol. The second-order valence-electron chi connectivity index (χ2n) is 4.57. The molecule has 3 nitrogen and oxygen atoms in total. The van der Waals surface area contributed by atoms with E-state index in [-0.39, 0.29) is 17.4 Å². The van der Waals surface area contributed by atoms with E-state index in [9.17, 15) is 10.2 Å². The van der Waals surface area contributed by atoms with Crippen molar-refractivity contribution in [3.63, 3.8) is 0 Å². The zero-order valence-corrected chi connectivity index (χ0v) is 9.84. The molecular formula is C15H14O3. The molecule has 0 radical (unpaired) electrons. The summed E-state index contributed by atoms with van der Waals surface area (Å²) in [4.78, 5) is 0. The number of fused-ring (bicyclic) bond motifs is 1. The minimum absolute atomic E-state index is 0.0774. The molecule has 2 aromatic rings. The van der Waals surface area contributed by atoms with E-state index < -0.39 is 0 Å². The predicted octanol–water partition coefficient (Wildman–Crippen LogP) is 2.82. The van der Waals surface area contributed by atoms with Gasteiger partial charge in [0, 0.05) is 5.92 Å². The van der Waals surface area contributed by atoms with Gasteiger partial charge >= 0.3 is 0 Å². The maximum absolute atomic E-state index is 9.54. The van der Waals surface area contributed by atoms with Gasteiger partial charge in [0.25, 0.3) is 0 Å². The van der Waals surface area contributed by atoms with E-state index in [2.05, 4.69) is 6.07 Å². The second kappa shape index (κ2) is 4.26. The van der Waals surface area contributed by atoms with Crippen molar-refractivity contribution in [2.45, 2.75) is 12.3 Å². The van der Waals surface area contributed by atoms with E-state index in [0.717, 1.165) is 17.7 Å². The van der Waals surface area contributed by atoms with Crippen LogP contribution in [0.15, 0.2) is 42.5 Å².